The van der Waals surface area contributed by atoms with Crippen LogP contribution in [0.3, 0.4) is 0 Å². The quantitative estimate of drug-likeness (QED) is 0.832. The van der Waals surface area contributed by atoms with Crippen LogP contribution in [0.1, 0.15) is 13.8 Å². The molecule has 0 aliphatic carbocycles. The molecule has 0 spiro atoms. The van der Waals surface area contributed by atoms with Gasteiger partial charge in [-0.15, -0.1) is 0 Å². The first-order valence-electron chi connectivity index (χ1n) is 6.72. The van der Waals surface area contributed by atoms with Crippen molar-refractivity contribution in [1.29, 1.82) is 0 Å². The molecule has 1 aromatic rings. The lowest BCUT2D eigenvalue weighted by Crippen LogP contribution is -2.31. The fourth-order valence-electron chi connectivity index (χ4n) is 1.59. The van der Waals surface area contributed by atoms with Crippen LogP contribution in [-0.2, 0) is 10.0 Å². The maximum Gasteiger partial charge on any atom is 0.242 e. The van der Waals surface area contributed by atoms with Crippen LogP contribution in [0, 0.1) is 0 Å². The van der Waals surface area contributed by atoms with Gasteiger partial charge in [0.05, 0.1) is 4.90 Å². The maximum absolute atomic E-state index is 11.9. The molecule has 0 aliphatic rings. The van der Waals surface area contributed by atoms with Crippen LogP contribution in [0.2, 0.25) is 0 Å². The summed E-state index contributed by atoms with van der Waals surface area (Å²) < 4.78 is 25.1. The third kappa shape index (κ3) is 4.47. The third-order valence-corrected chi connectivity index (χ3v) is 5.14. The molecule has 6 heteroatoms. The number of nitrogens with zero attached hydrogens (tertiary/aromatic N) is 2. The van der Waals surface area contributed by atoms with Crippen LogP contribution in [0.4, 0.5) is 5.69 Å². The van der Waals surface area contributed by atoms with Crippen molar-refractivity contribution >= 4 is 15.7 Å². The van der Waals surface area contributed by atoms with E-state index in [9.17, 15) is 8.42 Å². The molecule has 0 bridgehead atoms. The first-order valence-corrected chi connectivity index (χ1v) is 8.16. The number of benzene rings is 1. The van der Waals surface area contributed by atoms with Crippen molar-refractivity contribution in [3.63, 3.8) is 0 Å². The molecule has 0 aromatic heterocycles. The number of sulfonamides is 1. The van der Waals surface area contributed by atoms with E-state index in [1.165, 1.54) is 18.4 Å². The van der Waals surface area contributed by atoms with Gasteiger partial charge in [-0.1, -0.05) is 0 Å². The Kier molecular flexibility index (Phi) is 5.98. The van der Waals surface area contributed by atoms with E-state index in [-0.39, 0.29) is 0 Å². The van der Waals surface area contributed by atoms with Crippen LogP contribution in [0.25, 0.3) is 0 Å². The van der Waals surface area contributed by atoms with Gasteiger partial charge in [-0.3, -0.25) is 0 Å². The highest BCUT2D eigenvalue weighted by molar-refractivity contribution is 7.89. The second-order valence-electron chi connectivity index (χ2n) is 5.31. The molecular formula is C14H25N3O2S. The molecule has 0 unspecified atom stereocenters. The average molecular weight is 299 g/mol. The Morgan fingerprint density at radius 3 is 2.10 bits per heavy atom. The van der Waals surface area contributed by atoms with E-state index in [2.05, 4.69) is 31.1 Å². The summed E-state index contributed by atoms with van der Waals surface area (Å²) >= 11 is 0. The SMILES string of the molecule is CC(C)N(C)CCNc1ccc(S(=O)(=O)N(C)C)cc1. The molecule has 0 saturated carbocycles. The van der Waals surface area contributed by atoms with E-state index in [4.69, 9.17) is 0 Å². The lowest BCUT2D eigenvalue weighted by Gasteiger charge is -2.21. The topological polar surface area (TPSA) is 52.7 Å². The van der Waals surface area contributed by atoms with E-state index >= 15 is 0 Å². The van der Waals surface area contributed by atoms with Crippen molar-refractivity contribution < 1.29 is 8.42 Å². The Balaban J connectivity index is 2.60. The zero-order chi connectivity index (χ0) is 15.3. The van der Waals surface area contributed by atoms with Gasteiger partial charge in [0, 0.05) is 38.9 Å². The first kappa shape index (κ1) is 16.9. The van der Waals surface area contributed by atoms with Crippen molar-refractivity contribution in [2.75, 3.05) is 39.5 Å². The van der Waals surface area contributed by atoms with Gasteiger partial charge >= 0.3 is 0 Å². The third-order valence-electron chi connectivity index (χ3n) is 3.31. The molecule has 1 N–H and O–H groups in total. The second kappa shape index (κ2) is 7.06. The van der Waals surface area contributed by atoms with Crippen molar-refractivity contribution in [2.45, 2.75) is 24.8 Å². The lowest BCUT2D eigenvalue weighted by molar-refractivity contribution is 0.284. The molecule has 0 radical (unpaired) electrons. The summed E-state index contributed by atoms with van der Waals surface area (Å²) in [5.74, 6) is 0. The first-order chi connectivity index (χ1) is 9.25. The minimum atomic E-state index is -3.34. The Morgan fingerprint density at radius 1 is 1.10 bits per heavy atom. The van der Waals surface area contributed by atoms with Gasteiger partial charge in [-0.2, -0.15) is 0 Å². The number of hydrogen-bond donors (Lipinski definition) is 1. The van der Waals surface area contributed by atoms with Gasteiger partial charge in [-0.25, -0.2) is 12.7 Å². The second-order valence-corrected chi connectivity index (χ2v) is 7.46. The van der Waals surface area contributed by atoms with Crippen LogP contribution in [0.15, 0.2) is 29.2 Å². The highest BCUT2D eigenvalue weighted by Gasteiger charge is 2.16. The summed E-state index contributed by atoms with van der Waals surface area (Å²) in [6.07, 6.45) is 0. The summed E-state index contributed by atoms with van der Waals surface area (Å²) in [6.45, 7) is 6.08. The molecule has 0 heterocycles. The zero-order valence-corrected chi connectivity index (χ0v) is 13.7. The fraction of sp³-hybridized carbons (Fsp3) is 0.571. The number of rotatable bonds is 7. The maximum atomic E-state index is 11.9. The van der Waals surface area contributed by atoms with E-state index in [1.807, 2.05) is 0 Å². The fourth-order valence-corrected chi connectivity index (χ4v) is 2.49. The van der Waals surface area contributed by atoms with E-state index in [1.54, 1.807) is 24.3 Å². The highest BCUT2D eigenvalue weighted by atomic mass is 32.2. The van der Waals surface area contributed by atoms with E-state index in [0.717, 1.165) is 18.8 Å². The minimum absolute atomic E-state index is 0.312. The standard InChI is InChI=1S/C14H25N3O2S/c1-12(2)17(5)11-10-15-13-6-8-14(9-7-13)20(18,19)16(3)4/h6-9,12,15H,10-11H2,1-5H3. The minimum Gasteiger partial charge on any atom is -0.384 e. The lowest BCUT2D eigenvalue weighted by atomic mass is 10.3. The molecule has 1 aromatic carbocycles. The van der Waals surface area contributed by atoms with Gasteiger partial charge in [0.1, 0.15) is 0 Å². The summed E-state index contributed by atoms with van der Waals surface area (Å²) in [5.41, 5.74) is 0.930. The average Bonchev–Trinajstić information content (AvgIpc) is 2.38. The van der Waals surface area contributed by atoms with Crippen molar-refractivity contribution in [3.8, 4) is 0 Å². The molecule has 1 rings (SSSR count). The predicted octanol–water partition coefficient (Wildman–Crippen LogP) is 1.69. The van der Waals surface area contributed by atoms with Gasteiger partial charge in [0.15, 0.2) is 0 Å². The molecular weight excluding hydrogens is 274 g/mol. The molecule has 0 saturated heterocycles. The largest absolute Gasteiger partial charge is 0.384 e. The van der Waals surface area contributed by atoms with Crippen LogP contribution < -0.4 is 5.32 Å². The van der Waals surface area contributed by atoms with Gasteiger partial charge < -0.3 is 10.2 Å². The number of anilines is 1. The molecule has 0 atom stereocenters. The van der Waals surface area contributed by atoms with Crippen molar-refractivity contribution in [1.82, 2.24) is 9.21 Å². The molecule has 5 nitrogen and oxygen atoms in total. The monoisotopic (exact) mass is 299 g/mol. The number of nitrogens with one attached hydrogen (secondary N) is 1. The normalized spacial score (nSPS) is 12.4. The van der Waals surface area contributed by atoms with Crippen molar-refractivity contribution in [2.24, 2.45) is 0 Å². The number of hydrogen-bond acceptors (Lipinski definition) is 4. The summed E-state index contributed by atoms with van der Waals surface area (Å²) in [5, 5.41) is 3.29. The van der Waals surface area contributed by atoms with Crippen LogP contribution in [-0.4, -0.2) is 57.9 Å². The van der Waals surface area contributed by atoms with Crippen LogP contribution in [0.5, 0.6) is 0 Å². The van der Waals surface area contributed by atoms with E-state index in [0.29, 0.717) is 10.9 Å². The van der Waals surface area contributed by atoms with Gasteiger partial charge in [0.2, 0.25) is 10.0 Å². The Hall–Kier alpha value is -1.11. The Labute approximate surface area is 122 Å². The molecule has 0 amide bonds. The summed E-state index contributed by atoms with van der Waals surface area (Å²) in [6, 6.07) is 7.37. The highest BCUT2D eigenvalue weighted by Crippen LogP contribution is 2.16. The summed E-state index contributed by atoms with van der Waals surface area (Å²) in [4.78, 5) is 2.56. The summed E-state index contributed by atoms with van der Waals surface area (Å²) in [7, 11) is 1.80. The van der Waals surface area contributed by atoms with E-state index < -0.39 is 10.0 Å². The predicted molar refractivity (Wildman–Crippen MR) is 83.6 cm³/mol. The smallest absolute Gasteiger partial charge is 0.242 e. The zero-order valence-electron chi connectivity index (χ0n) is 12.9. The van der Waals surface area contributed by atoms with Crippen LogP contribution >= 0.6 is 0 Å². The van der Waals surface area contributed by atoms with Crippen molar-refractivity contribution in [3.05, 3.63) is 24.3 Å². The Bertz CT molecular complexity index is 510. The molecule has 0 aliphatic heterocycles. The molecule has 114 valence electrons. The van der Waals surface area contributed by atoms with Gasteiger partial charge in [-0.05, 0) is 45.2 Å². The molecule has 0 fully saturated rings. The Morgan fingerprint density at radius 2 is 1.65 bits per heavy atom. The van der Waals surface area contributed by atoms with Gasteiger partial charge in [0.25, 0.3) is 0 Å². The number of likely N-dealkylation sites (N-methyl/N-ethyl adjacent to an activating group) is 1. The molecule has 20 heavy (non-hydrogen) atoms.